The molecule has 0 unspecified atom stereocenters. The first kappa shape index (κ1) is 24.9. The van der Waals surface area contributed by atoms with Crippen LogP contribution in [0, 0.1) is 13.8 Å². The molecule has 0 saturated carbocycles. The molecule has 0 aliphatic rings. The van der Waals surface area contributed by atoms with E-state index in [0.717, 1.165) is 45.1 Å². The van der Waals surface area contributed by atoms with Crippen molar-refractivity contribution in [1.82, 2.24) is 24.1 Å². The summed E-state index contributed by atoms with van der Waals surface area (Å²) in [7, 11) is 4.07. The van der Waals surface area contributed by atoms with Gasteiger partial charge in [-0.25, -0.2) is 15.0 Å². The second kappa shape index (κ2) is 9.40. The average Bonchev–Trinajstić information content (AvgIpc) is 3.18. The molecule has 0 fully saturated rings. The topological polar surface area (TPSA) is 48.5 Å². The van der Waals surface area contributed by atoms with Crippen LogP contribution in [0.4, 0.5) is 0 Å². The van der Waals surface area contributed by atoms with E-state index in [1.807, 2.05) is 32.3 Å². The Balaban J connectivity index is 0.00000114. The molecule has 5 rings (SSSR count). The Kier molecular flexibility index (Phi) is 7.55. The van der Waals surface area contributed by atoms with Crippen LogP contribution in [0.3, 0.4) is 0 Å². The van der Waals surface area contributed by atoms with E-state index in [2.05, 4.69) is 59.4 Å². The number of aromatic nitrogens is 5. The van der Waals surface area contributed by atoms with Crippen molar-refractivity contribution in [3.63, 3.8) is 0 Å². The minimum Gasteiger partial charge on any atom is -1.00 e. The van der Waals surface area contributed by atoms with E-state index < -0.39 is 0 Å². The molecule has 0 N–H and O–H groups in total. The minimum atomic E-state index is 0. The maximum absolute atomic E-state index is 4.90. The summed E-state index contributed by atoms with van der Waals surface area (Å²) >= 11 is 0. The predicted octanol–water partition coefficient (Wildman–Crippen LogP) is -1.19. The number of imidazole rings is 2. The first-order chi connectivity index (χ1) is 13.5. The Bertz CT molecular complexity index is 1270. The van der Waals surface area contributed by atoms with Crippen molar-refractivity contribution in [3.8, 4) is 23.0 Å². The molecule has 1 radical (unpaired) electrons. The predicted molar refractivity (Wildman–Crippen MR) is 113 cm³/mol. The van der Waals surface area contributed by atoms with Gasteiger partial charge in [0.05, 0.1) is 22.1 Å². The van der Waals surface area contributed by atoms with Crippen molar-refractivity contribution in [2.45, 2.75) is 13.8 Å². The van der Waals surface area contributed by atoms with Crippen LogP contribution in [0.5, 0.6) is 0 Å². The zero-order chi connectivity index (χ0) is 19.4. The van der Waals surface area contributed by atoms with E-state index in [0.29, 0.717) is 0 Å². The quantitative estimate of drug-likeness (QED) is 0.309. The van der Waals surface area contributed by atoms with Gasteiger partial charge in [0.15, 0.2) is 11.6 Å². The number of nitrogens with zero attached hydrogens (tertiary/aromatic N) is 5. The summed E-state index contributed by atoms with van der Waals surface area (Å²) in [5, 5.41) is 0. The first-order valence-electron chi connectivity index (χ1n) is 9.35. The molecule has 5 nitrogen and oxygen atoms in total. The number of benzene rings is 2. The number of rotatable bonds is 2. The van der Waals surface area contributed by atoms with Crippen molar-refractivity contribution >= 4 is 22.1 Å². The van der Waals surface area contributed by atoms with Crippen molar-refractivity contribution in [2.24, 2.45) is 14.1 Å². The molecule has 8 heteroatoms. The van der Waals surface area contributed by atoms with Gasteiger partial charge in [-0.2, -0.15) is 0 Å². The molecule has 0 bridgehead atoms. The van der Waals surface area contributed by atoms with Crippen molar-refractivity contribution in [2.75, 3.05) is 0 Å². The third kappa shape index (κ3) is 4.21. The van der Waals surface area contributed by atoms with Gasteiger partial charge >= 0.3 is 16.8 Å². The summed E-state index contributed by atoms with van der Waals surface area (Å²) in [5.74, 6) is 1.72. The van der Waals surface area contributed by atoms with E-state index in [1.54, 1.807) is 0 Å². The first-order valence-corrected chi connectivity index (χ1v) is 9.35. The molecule has 0 spiro atoms. The summed E-state index contributed by atoms with van der Waals surface area (Å²) in [4.78, 5) is 14.6. The number of hydrogen-bond acceptors (Lipinski definition) is 3. The minimum absolute atomic E-state index is 0. The summed E-state index contributed by atoms with van der Waals surface area (Å²) in [6, 6.07) is 18.7. The molecule has 5 aromatic rings. The van der Waals surface area contributed by atoms with E-state index in [1.165, 1.54) is 11.1 Å². The molecule has 3 aromatic heterocycles. The largest absolute Gasteiger partial charge is 2.00 e. The molecule has 0 aliphatic heterocycles. The summed E-state index contributed by atoms with van der Waals surface area (Å²) < 4.78 is 4.19. The van der Waals surface area contributed by atoms with Crippen molar-refractivity contribution in [1.29, 1.82) is 0 Å². The SMILES string of the molecule is Cc1ccc2c(c1)nc(-c1cccc(-c3nc4cc(C)ccc4n3C)n1)n2C.[Cl-].[Cl-].[Co+2]. The fourth-order valence-corrected chi connectivity index (χ4v) is 3.76. The van der Waals surface area contributed by atoms with Crippen LogP contribution in [0.25, 0.3) is 45.1 Å². The number of halogens is 2. The fourth-order valence-electron chi connectivity index (χ4n) is 3.76. The van der Waals surface area contributed by atoms with Crippen LogP contribution in [-0.2, 0) is 30.9 Å². The Hall–Kier alpha value is -2.38. The van der Waals surface area contributed by atoms with Gasteiger partial charge in [-0.3, -0.25) is 0 Å². The molecule has 3 heterocycles. The molecule has 0 aliphatic carbocycles. The van der Waals surface area contributed by atoms with Crippen LogP contribution < -0.4 is 24.8 Å². The maximum Gasteiger partial charge on any atom is 2.00 e. The second-order valence-electron chi connectivity index (χ2n) is 7.38. The molecular weight excluding hydrogens is 476 g/mol. The molecular formula is C23H21Cl2CoN5. The smallest absolute Gasteiger partial charge is 1.00 e. The van der Waals surface area contributed by atoms with Crippen LogP contribution in [0.15, 0.2) is 54.6 Å². The van der Waals surface area contributed by atoms with Gasteiger partial charge in [-0.05, 0) is 61.4 Å². The number of pyridine rings is 1. The fraction of sp³-hybridized carbons (Fsp3) is 0.174. The number of hydrogen-bond donors (Lipinski definition) is 0. The van der Waals surface area contributed by atoms with Gasteiger partial charge in [-0.15, -0.1) is 0 Å². The van der Waals surface area contributed by atoms with Gasteiger partial charge in [-0.1, -0.05) is 18.2 Å². The summed E-state index contributed by atoms with van der Waals surface area (Å²) in [6.07, 6.45) is 0. The van der Waals surface area contributed by atoms with Crippen LogP contribution in [-0.4, -0.2) is 24.1 Å². The normalized spacial score (nSPS) is 10.5. The number of aryl methyl sites for hydroxylation is 4. The molecule has 31 heavy (non-hydrogen) atoms. The van der Waals surface area contributed by atoms with Crippen LogP contribution in [0.1, 0.15) is 11.1 Å². The van der Waals surface area contributed by atoms with Gasteiger partial charge in [0.1, 0.15) is 11.4 Å². The van der Waals surface area contributed by atoms with Gasteiger partial charge in [0.25, 0.3) is 0 Å². The standard InChI is InChI=1S/C23H21N5.2ClH.Co/c1-14-8-10-20-18(12-14)25-22(27(20)3)16-6-5-7-17(24-16)23-26-19-13-15(2)9-11-21(19)28(23)4;;;/h5-13H,1-4H3;2*1H;/q;;;+2/p-2. The third-order valence-electron chi connectivity index (χ3n) is 5.28. The van der Waals surface area contributed by atoms with Gasteiger partial charge in [0, 0.05) is 14.1 Å². The molecule has 161 valence electrons. The third-order valence-corrected chi connectivity index (χ3v) is 5.28. The van der Waals surface area contributed by atoms with E-state index in [9.17, 15) is 0 Å². The van der Waals surface area contributed by atoms with Gasteiger partial charge < -0.3 is 33.9 Å². The zero-order valence-electron chi connectivity index (χ0n) is 17.5. The Morgan fingerprint density at radius 3 is 1.45 bits per heavy atom. The maximum atomic E-state index is 4.90. The van der Waals surface area contributed by atoms with E-state index in [-0.39, 0.29) is 41.6 Å². The average molecular weight is 497 g/mol. The Labute approximate surface area is 203 Å². The number of fused-ring (bicyclic) bond motifs is 2. The second-order valence-corrected chi connectivity index (χ2v) is 7.38. The van der Waals surface area contributed by atoms with E-state index >= 15 is 0 Å². The summed E-state index contributed by atoms with van der Waals surface area (Å²) in [6.45, 7) is 4.17. The Morgan fingerprint density at radius 1 is 0.613 bits per heavy atom. The molecule has 0 atom stereocenters. The monoisotopic (exact) mass is 496 g/mol. The molecule has 0 amide bonds. The Morgan fingerprint density at radius 2 is 1.03 bits per heavy atom. The van der Waals surface area contributed by atoms with Crippen molar-refractivity contribution < 1.29 is 41.6 Å². The molecule has 0 saturated heterocycles. The van der Waals surface area contributed by atoms with E-state index in [4.69, 9.17) is 15.0 Å². The molecule has 2 aromatic carbocycles. The van der Waals surface area contributed by atoms with Crippen LogP contribution in [0.2, 0.25) is 0 Å². The zero-order valence-corrected chi connectivity index (χ0v) is 20.1. The van der Waals surface area contributed by atoms with Gasteiger partial charge in [0.2, 0.25) is 0 Å². The summed E-state index contributed by atoms with van der Waals surface area (Å²) in [5.41, 5.74) is 8.28. The van der Waals surface area contributed by atoms with Crippen molar-refractivity contribution in [3.05, 3.63) is 65.7 Å². The van der Waals surface area contributed by atoms with Crippen LogP contribution >= 0.6 is 0 Å².